The van der Waals surface area contributed by atoms with Crippen molar-refractivity contribution in [2.45, 2.75) is 32.6 Å². The molecular formula is C20H26N2OS2. The van der Waals surface area contributed by atoms with Crippen LogP contribution in [0.15, 0.2) is 23.6 Å². The van der Waals surface area contributed by atoms with Gasteiger partial charge in [0.1, 0.15) is 0 Å². The predicted molar refractivity (Wildman–Crippen MR) is 106 cm³/mol. The summed E-state index contributed by atoms with van der Waals surface area (Å²) in [5.41, 5.74) is 1.43. The zero-order chi connectivity index (χ0) is 17.2. The first-order valence-corrected chi connectivity index (χ1v) is 11.0. The molecular weight excluding hydrogens is 348 g/mol. The van der Waals surface area contributed by atoms with Crippen molar-refractivity contribution in [1.29, 1.82) is 0 Å². The fourth-order valence-corrected chi connectivity index (χ4v) is 5.74. The molecule has 25 heavy (non-hydrogen) atoms. The lowest BCUT2D eigenvalue weighted by atomic mass is 9.90. The number of thiophene rings is 2. The third-order valence-electron chi connectivity index (χ3n) is 5.45. The van der Waals surface area contributed by atoms with E-state index in [9.17, 15) is 4.79 Å². The average Bonchev–Trinajstić information content (AvgIpc) is 3.29. The normalized spacial score (nSPS) is 21.3. The molecule has 2 aliphatic rings. The first-order valence-electron chi connectivity index (χ1n) is 9.34. The van der Waals surface area contributed by atoms with Crippen molar-refractivity contribution in [3.8, 4) is 0 Å². The number of fused-ring (bicyclic) bond motifs is 1. The van der Waals surface area contributed by atoms with E-state index in [0.717, 1.165) is 62.8 Å². The number of carbonyl (C=O) groups is 1. The minimum Gasteiger partial charge on any atom is -0.335 e. The first kappa shape index (κ1) is 17.3. The Balaban J connectivity index is 1.31. The van der Waals surface area contributed by atoms with Gasteiger partial charge in [-0.05, 0) is 54.7 Å². The Hall–Kier alpha value is -1.17. The van der Waals surface area contributed by atoms with Crippen molar-refractivity contribution in [3.63, 3.8) is 0 Å². The van der Waals surface area contributed by atoms with E-state index in [2.05, 4.69) is 40.3 Å². The van der Waals surface area contributed by atoms with E-state index in [1.54, 1.807) is 11.3 Å². The van der Waals surface area contributed by atoms with E-state index >= 15 is 0 Å². The van der Waals surface area contributed by atoms with Crippen LogP contribution in [0.4, 0.5) is 0 Å². The van der Waals surface area contributed by atoms with Gasteiger partial charge >= 0.3 is 0 Å². The number of carbonyl (C=O) groups excluding carboxylic acids is 1. The molecule has 0 saturated carbocycles. The Labute approximate surface area is 158 Å². The Morgan fingerprint density at radius 2 is 2.12 bits per heavy atom. The first-order chi connectivity index (χ1) is 12.2. The van der Waals surface area contributed by atoms with E-state index < -0.39 is 0 Å². The van der Waals surface area contributed by atoms with Crippen LogP contribution in [-0.2, 0) is 19.3 Å². The van der Waals surface area contributed by atoms with E-state index in [0.29, 0.717) is 0 Å². The number of hydrogen-bond acceptors (Lipinski definition) is 4. The maximum Gasteiger partial charge on any atom is 0.264 e. The molecule has 1 fully saturated rings. The summed E-state index contributed by atoms with van der Waals surface area (Å²) in [7, 11) is 0. The Kier molecular flexibility index (Phi) is 5.25. The fourth-order valence-electron chi connectivity index (χ4n) is 3.86. The highest BCUT2D eigenvalue weighted by Gasteiger charge is 2.26. The van der Waals surface area contributed by atoms with E-state index in [4.69, 9.17) is 0 Å². The smallest absolute Gasteiger partial charge is 0.264 e. The molecule has 3 heterocycles. The molecule has 2 aromatic heterocycles. The molecule has 1 atom stereocenters. The molecule has 1 amide bonds. The summed E-state index contributed by atoms with van der Waals surface area (Å²) in [5.74, 6) is 1.02. The van der Waals surface area contributed by atoms with E-state index in [1.165, 1.54) is 21.7 Å². The fraction of sp³-hybridized carbons (Fsp3) is 0.550. The summed E-state index contributed by atoms with van der Waals surface area (Å²) in [5, 5.41) is 2.15. The second-order valence-corrected chi connectivity index (χ2v) is 9.54. The average molecular weight is 375 g/mol. The second kappa shape index (κ2) is 7.60. The Bertz CT molecular complexity index is 714. The Morgan fingerprint density at radius 3 is 2.88 bits per heavy atom. The van der Waals surface area contributed by atoms with Crippen molar-refractivity contribution in [1.82, 2.24) is 9.80 Å². The lowest BCUT2D eigenvalue weighted by Gasteiger charge is -2.34. The van der Waals surface area contributed by atoms with Crippen LogP contribution in [0.3, 0.4) is 0 Å². The van der Waals surface area contributed by atoms with Gasteiger partial charge in [-0.3, -0.25) is 9.69 Å². The number of amides is 1. The monoisotopic (exact) mass is 374 g/mol. The SMILES string of the molecule is C[C@@H]1CCc2sc(C(=O)N3CCN(CCc4cccs4)CC3)cc2C1. The lowest BCUT2D eigenvalue weighted by molar-refractivity contribution is 0.0643. The molecule has 0 bridgehead atoms. The molecule has 1 aliphatic heterocycles. The zero-order valence-electron chi connectivity index (χ0n) is 14.9. The molecule has 134 valence electrons. The molecule has 0 unspecified atom stereocenters. The van der Waals surface area contributed by atoms with Crippen molar-refractivity contribution >= 4 is 28.6 Å². The van der Waals surface area contributed by atoms with Crippen LogP contribution in [0.2, 0.25) is 0 Å². The quantitative estimate of drug-likeness (QED) is 0.809. The van der Waals surface area contributed by atoms with Gasteiger partial charge in [0.05, 0.1) is 4.88 Å². The van der Waals surface area contributed by atoms with Gasteiger partial charge in [-0.2, -0.15) is 0 Å². The molecule has 0 spiro atoms. The van der Waals surface area contributed by atoms with Crippen LogP contribution >= 0.6 is 22.7 Å². The van der Waals surface area contributed by atoms with Gasteiger partial charge in [-0.1, -0.05) is 13.0 Å². The summed E-state index contributed by atoms with van der Waals surface area (Å²) in [4.78, 5) is 21.3. The van der Waals surface area contributed by atoms with Crippen molar-refractivity contribution < 1.29 is 4.79 Å². The summed E-state index contributed by atoms with van der Waals surface area (Å²) in [6.45, 7) is 7.15. The topological polar surface area (TPSA) is 23.6 Å². The summed E-state index contributed by atoms with van der Waals surface area (Å²) in [6, 6.07) is 6.52. The van der Waals surface area contributed by atoms with Crippen LogP contribution in [0.5, 0.6) is 0 Å². The maximum atomic E-state index is 12.9. The third-order valence-corrected chi connectivity index (χ3v) is 7.62. The van der Waals surface area contributed by atoms with Gasteiger partial charge in [-0.25, -0.2) is 0 Å². The predicted octanol–water partition coefficient (Wildman–Crippen LogP) is 3.93. The number of hydrogen-bond donors (Lipinski definition) is 0. The van der Waals surface area contributed by atoms with E-state index in [1.807, 2.05) is 11.3 Å². The Morgan fingerprint density at radius 1 is 1.28 bits per heavy atom. The molecule has 4 rings (SSSR count). The molecule has 0 aromatic carbocycles. The molecule has 0 radical (unpaired) electrons. The standard InChI is InChI=1S/C20H26N2OS2/c1-15-4-5-18-16(13-15)14-19(25-18)20(23)22-10-8-21(9-11-22)7-6-17-3-2-12-24-17/h2-3,12,14-15H,4-11,13H2,1H3/t15-/m1/s1. The molecule has 3 nitrogen and oxygen atoms in total. The van der Waals surface area contributed by atoms with Gasteiger partial charge in [0.25, 0.3) is 5.91 Å². The van der Waals surface area contributed by atoms with Crippen LogP contribution in [0.1, 0.15) is 38.3 Å². The highest BCUT2D eigenvalue weighted by Crippen LogP contribution is 2.32. The van der Waals surface area contributed by atoms with Crippen LogP contribution < -0.4 is 0 Å². The van der Waals surface area contributed by atoms with Crippen LogP contribution in [-0.4, -0.2) is 48.4 Å². The van der Waals surface area contributed by atoms with Gasteiger partial charge in [-0.15, -0.1) is 22.7 Å². The second-order valence-electron chi connectivity index (χ2n) is 7.37. The largest absolute Gasteiger partial charge is 0.335 e. The highest BCUT2D eigenvalue weighted by molar-refractivity contribution is 7.14. The lowest BCUT2D eigenvalue weighted by Crippen LogP contribution is -2.48. The number of aryl methyl sites for hydroxylation is 1. The van der Waals surface area contributed by atoms with Crippen LogP contribution in [0, 0.1) is 5.92 Å². The van der Waals surface area contributed by atoms with Crippen molar-refractivity contribution in [2.75, 3.05) is 32.7 Å². The zero-order valence-corrected chi connectivity index (χ0v) is 16.5. The van der Waals surface area contributed by atoms with Gasteiger partial charge < -0.3 is 4.90 Å². The van der Waals surface area contributed by atoms with Crippen molar-refractivity contribution in [3.05, 3.63) is 43.8 Å². The van der Waals surface area contributed by atoms with Crippen molar-refractivity contribution in [2.24, 2.45) is 5.92 Å². The molecule has 5 heteroatoms. The highest BCUT2D eigenvalue weighted by atomic mass is 32.1. The molecule has 1 aliphatic carbocycles. The maximum absolute atomic E-state index is 12.9. The molecule has 0 N–H and O–H groups in total. The van der Waals surface area contributed by atoms with Crippen LogP contribution in [0.25, 0.3) is 0 Å². The summed E-state index contributed by atoms with van der Waals surface area (Å²) >= 11 is 3.58. The summed E-state index contributed by atoms with van der Waals surface area (Å²) in [6.07, 6.45) is 4.70. The minimum atomic E-state index is 0.255. The third kappa shape index (κ3) is 3.99. The molecule has 1 saturated heterocycles. The number of nitrogens with zero attached hydrogens (tertiary/aromatic N) is 2. The van der Waals surface area contributed by atoms with Gasteiger partial charge in [0, 0.05) is 42.5 Å². The van der Waals surface area contributed by atoms with E-state index in [-0.39, 0.29) is 5.91 Å². The minimum absolute atomic E-state index is 0.255. The van der Waals surface area contributed by atoms with Gasteiger partial charge in [0.15, 0.2) is 0 Å². The molecule has 2 aromatic rings. The number of piperazine rings is 1. The van der Waals surface area contributed by atoms with Gasteiger partial charge in [0.2, 0.25) is 0 Å². The number of rotatable bonds is 4. The summed E-state index contributed by atoms with van der Waals surface area (Å²) < 4.78 is 0.